The Morgan fingerprint density at radius 2 is 1.74 bits per heavy atom. The number of hydrogen-bond acceptors (Lipinski definition) is 5. The summed E-state index contributed by atoms with van der Waals surface area (Å²) in [6, 6.07) is 6.53. The van der Waals surface area contributed by atoms with Gasteiger partial charge in [0.25, 0.3) is 0 Å². The maximum atomic E-state index is 13.0. The number of hydrogen-bond donors (Lipinski definition) is 1. The molecular formula is C26H29Cl2N3O4. The molecule has 186 valence electrons. The highest BCUT2D eigenvalue weighted by molar-refractivity contribution is 6.30. The van der Waals surface area contributed by atoms with Crippen LogP contribution >= 0.6 is 23.2 Å². The first-order chi connectivity index (χ1) is 16.9. The van der Waals surface area contributed by atoms with E-state index in [0.717, 1.165) is 67.3 Å². The third-order valence-electron chi connectivity index (χ3n) is 7.41. The van der Waals surface area contributed by atoms with E-state index in [4.69, 9.17) is 32.9 Å². The Morgan fingerprint density at radius 3 is 2.51 bits per heavy atom. The first-order valence-electron chi connectivity index (χ1n) is 12.3. The van der Waals surface area contributed by atoms with E-state index < -0.39 is 18.1 Å². The number of carbonyl (C=O) groups is 2. The standard InChI is InChI=1S/C26H29Cl2N3O4/c27-18-8-9-21-16(12-18)6-7-17-13-19(28)14-29-23(17)24(21)30-10-11-31(22(15-30)25(32)33)26(34)35-20-4-2-1-3-5-20/h8-9,12-14,20,22,24H,1-7,10-11,15H2,(H,32,33)/t22-,24?/m1/s1. The minimum absolute atomic E-state index is 0.122. The van der Waals surface area contributed by atoms with Crippen molar-refractivity contribution in [3.63, 3.8) is 0 Å². The van der Waals surface area contributed by atoms with Crippen molar-refractivity contribution >= 4 is 35.3 Å². The van der Waals surface area contributed by atoms with E-state index >= 15 is 0 Å². The van der Waals surface area contributed by atoms with Crippen LogP contribution in [0.3, 0.4) is 0 Å². The molecule has 2 fully saturated rings. The van der Waals surface area contributed by atoms with Gasteiger partial charge < -0.3 is 9.84 Å². The molecule has 7 nitrogen and oxygen atoms in total. The Morgan fingerprint density at radius 1 is 1.00 bits per heavy atom. The maximum absolute atomic E-state index is 13.0. The fraction of sp³-hybridized carbons (Fsp3) is 0.500. The van der Waals surface area contributed by atoms with Crippen LogP contribution < -0.4 is 0 Å². The van der Waals surface area contributed by atoms with Gasteiger partial charge in [0.1, 0.15) is 12.1 Å². The molecule has 0 spiro atoms. The Bertz CT molecular complexity index is 1070. The van der Waals surface area contributed by atoms with Gasteiger partial charge in [0.15, 0.2) is 0 Å². The van der Waals surface area contributed by atoms with Crippen molar-refractivity contribution in [2.45, 2.75) is 63.1 Å². The monoisotopic (exact) mass is 517 g/mol. The zero-order valence-electron chi connectivity index (χ0n) is 19.5. The van der Waals surface area contributed by atoms with Crippen LogP contribution in [0.25, 0.3) is 0 Å². The minimum atomic E-state index is -1.04. The molecule has 1 aliphatic heterocycles. The largest absolute Gasteiger partial charge is 0.480 e. The maximum Gasteiger partial charge on any atom is 0.410 e. The van der Waals surface area contributed by atoms with Gasteiger partial charge in [0, 0.05) is 30.9 Å². The van der Waals surface area contributed by atoms with Gasteiger partial charge in [-0.3, -0.25) is 14.8 Å². The second kappa shape index (κ2) is 10.3. The summed E-state index contributed by atoms with van der Waals surface area (Å²) in [5.41, 5.74) is 4.09. The summed E-state index contributed by atoms with van der Waals surface area (Å²) in [7, 11) is 0. The second-order valence-electron chi connectivity index (χ2n) is 9.63. The van der Waals surface area contributed by atoms with Crippen LogP contribution in [0, 0.1) is 0 Å². The van der Waals surface area contributed by atoms with Gasteiger partial charge >= 0.3 is 12.1 Å². The molecule has 1 amide bonds. The number of ether oxygens (including phenoxy) is 1. The molecule has 2 aromatic rings. The molecular weight excluding hydrogens is 489 g/mol. The second-order valence-corrected chi connectivity index (χ2v) is 10.5. The van der Waals surface area contributed by atoms with E-state index in [9.17, 15) is 14.7 Å². The molecule has 1 N–H and O–H groups in total. The van der Waals surface area contributed by atoms with Gasteiger partial charge in [0.05, 0.1) is 16.8 Å². The van der Waals surface area contributed by atoms with Crippen LogP contribution in [0.15, 0.2) is 30.5 Å². The first-order valence-corrected chi connectivity index (χ1v) is 13.0. The topological polar surface area (TPSA) is 83.0 Å². The quantitative estimate of drug-likeness (QED) is 0.608. The number of piperazine rings is 1. The lowest BCUT2D eigenvalue weighted by molar-refractivity contribution is -0.145. The van der Waals surface area contributed by atoms with Crippen LogP contribution in [0.1, 0.15) is 60.5 Å². The van der Waals surface area contributed by atoms with Crippen molar-refractivity contribution in [2.24, 2.45) is 0 Å². The average Bonchev–Trinajstić information content (AvgIpc) is 3.00. The van der Waals surface area contributed by atoms with Crippen LogP contribution in [0.4, 0.5) is 4.79 Å². The summed E-state index contributed by atoms with van der Waals surface area (Å²) in [4.78, 5) is 33.5. The smallest absolute Gasteiger partial charge is 0.410 e. The molecule has 2 aliphatic carbocycles. The number of amides is 1. The Hall–Kier alpha value is -2.35. The van der Waals surface area contributed by atoms with Crippen LogP contribution in [-0.2, 0) is 22.4 Å². The molecule has 1 saturated carbocycles. The molecule has 1 aromatic heterocycles. The van der Waals surface area contributed by atoms with Gasteiger partial charge in [-0.2, -0.15) is 0 Å². The predicted octanol–water partition coefficient (Wildman–Crippen LogP) is 5.12. The predicted molar refractivity (Wildman–Crippen MR) is 133 cm³/mol. The molecule has 3 aliphatic rings. The SMILES string of the molecule is O=C(O)[C@H]1CN(C2c3ccc(Cl)cc3CCc3cc(Cl)cnc32)CCN1C(=O)OC1CCCCC1. The Balaban J connectivity index is 1.44. The van der Waals surface area contributed by atoms with Crippen LogP contribution in [0.5, 0.6) is 0 Å². The van der Waals surface area contributed by atoms with Crippen LogP contribution in [-0.4, -0.2) is 63.7 Å². The average molecular weight is 518 g/mol. The van der Waals surface area contributed by atoms with Gasteiger partial charge in [0.2, 0.25) is 0 Å². The number of nitrogens with zero attached hydrogens (tertiary/aromatic N) is 3. The van der Waals surface area contributed by atoms with Crippen molar-refractivity contribution in [1.29, 1.82) is 0 Å². The highest BCUT2D eigenvalue weighted by Crippen LogP contribution is 2.38. The molecule has 0 bridgehead atoms. The fourth-order valence-corrected chi connectivity index (χ4v) is 6.02. The highest BCUT2D eigenvalue weighted by Gasteiger charge is 2.41. The molecule has 2 heterocycles. The molecule has 1 saturated heterocycles. The number of carboxylic acids is 1. The fourth-order valence-electron chi connectivity index (χ4n) is 5.64. The number of aryl methyl sites for hydroxylation is 2. The van der Waals surface area contributed by atoms with E-state index in [1.165, 1.54) is 4.90 Å². The zero-order valence-corrected chi connectivity index (χ0v) is 21.0. The lowest BCUT2D eigenvalue weighted by Crippen LogP contribution is -2.59. The van der Waals surface area contributed by atoms with Crippen molar-refractivity contribution in [1.82, 2.24) is 14.8 Å². The molecule has 1 unspecified atom stereocenters. The van der Waals surface area contributed by atoms with Crippen molar-refractivity contribution in [3.8, 4) is 0 Å². The number of fused-ring (bicyclic) bond motifs is 2. The number of rotatable bonds is 3. The van der Waals surface area contributed by atoms with Crippen molar-refractivity contribution < 1.29 is 19.4 Å². The molecule has 5 rings (SSSR count). The molecule has 1 aromatic carbocycles. The normalized spacial score (nSPS) is 23.2. The number of benzene rings is 1. The first kappa shape index (κ1) is 24.3. The van der Waals surface area contributed by atoms with Crippen molar-refractivity contribution in [3.05, 3.63) is 62.9 Å². The number of aliphatic carboxylic acids is 1. The summed E-state index contributed by atoms with van der Waals surface area (Å²) in [5.74, 6) is -1.04. The number of carboxylic acid groups (broad SMARTS) is 1. The number of pyridine rings is 1. The van der Waals surface area contributed by atoms with Gasteiger partial charge in [-0.15, -0.1) is 0 Å². The van der Waals surface area contributed by atoms with E-state index in [0.29, 0.717) is 16.6 Å². The van der Waals surface area contributed by atoms with E-state index in [1.807, 2.05) is 24.3 Å². The third-order valence-corrected chi connectivity index (χ3v) is 7.85. The summed E-state index contributed by atoms with van der Waals surface area (Å²) in [6.07, 6.45) is 7.46. The number of halogens is 2. The molecule has 0 radical (unpaired) electrons. The zero-order chi connectivity index (χ0) is 24.5. The Labute approximate surface area is 215 Å². The summed E-state index contributed by atoms with van der Waals surface area (Å²) in [5, 5.41) is 11.3. The van der Waals surface area contributed by atoms with E-state index in [1.54, 1.807) is 6.20 Å². The summed E-state index contributed by atoms with van der Waals surface area (Å²) >= 11 is 12.6. The lowest BCUT2D eigenvalue weighted by atomic mass is 9.95. The molecule has 35 heavy (non-hydrogen) atoms. The van der Waals surface area contributed by atoms with Crippen LogP contribution in [0.2, 0.25) is 10.0 Å². The van der Waals surface area contributed by atoms with Gasteiger partial charge in [-0.25, -0.2) is 9.59 Å². The molecule has 9 heteroatoms. The lowest BCUT2D eigenvalue weighted by Gasteiger charge is -2.43. The van der Waals surface area contributed by atoms with Gasteiger partial charge in [-0.05, 0) is 73.4 Å². The van der Waals surface area contributed by atoms with Gasteiger partial charge in [-0.1, -0.05) is 35.7 Å². The number of carbonyl (C=O) groups excluding carboxylic acids is 1. The molecule has 2 atom stereocenters. The number of aromatic nitrogens is 1. The summed E-state index contributed by atoms with van der Waals surface area (Å²) in [6.45, 7) is 0.941. The van der Waals surface area contributed by atoms with Crippen molar-refractivity contribution in [2.75, 3.05) is 19.6 Å². The van der Waals surface area contributed by atoms with E-state index in [-0.39, 0.29) is 25.2 Å². The minimum Gasteiger partial charge on any atom is -0.480 e. The highest BCUT2D eigenvalue weighted by atomic mass is 35.5. The summed E-state index contributed by atoms with van der Waals surface area (Å²) < 4.78 is 5.71. The Kier molecular flexibility index (Phi) is 7.19. The third kappa shape index (κ3) is 5.13. The van der Waals surface area contributed by atoms with E-state index in [2.05, 4.69) is 4.90 Å².